The van der Waals surface area contributed by atoms with Gasteiger partial charge in [0.05, 0.1) is 19.8 Å². The van der Waals surface area contributed by atoms with Crippen molar-refractivity contribution >= 4 is 11.6 Å². The maximum absolute atomic E-state index is 12.0. The Morgan fingerprint density at radius 3 is 2.67 bits per heavy atom. The molecule has 0 radical (unpaired) electrons. The second kappa shape index (κ2) is 9.01. The van der Waals surface area contributed by atoms with Gasteiger partial charge in [0.1, 0.15) is 5.75 Å². The summed E-state index contributed by atoms with van der Waals surface area (Å²) in [6.07, 6.45) is 2.54. The number of hydrogen-bond acceptors (Lipinski definition) is 5. The highest BCUT2D eigenvalue weighted by Crippen LogP contribution is 2.20. The number of amides is 1. The summed E-state index contributed by atoms with van der Waals surface area (Å²) in [4.78, 5) is 12.0. The molecule has 2 aliphatic heterocycles. The Morgan fingerprint density at radius 1 is 1.17 bits per heavy atom. The predicted molar refractivity (Wildman–Crippen MR) is 91.3 cm³/mol. The Hall–Kier alpha value is -1.63. The van der Waals surface area contributed by atoms with Gasteiger partial charge in [0.15, 0.2) is 0 Å². The van der Waals surface area contributed by atoms with Crippen molar-refractivity contribution in [2.75, 3.05) is 44.9 Å². The van der Waals surface area contributed by atoms with E-state index in [0.29, 0.717) is 25.6 Å². The van der Waals surface area contributed by atoms with E-state index in [0.717, 1.165) is 50.6 Å². The van der Waals surface area contributed by atoms with Gasteiger partial charge in [-0.15, -0.1) is 0 Å². The van der Waals surface area contributed by atoms with Crippen molar-refractivity contribution in [2.24, 2.45) is 5.92 Å². The van der Waals surface area contributed by atoms with Crippen molar-refractivity contribution in [1.29, 1.82) is 0 Å². The molecule has 2 aliphatic rings. The fraction of sp³-hybridized carbons (Fsp3) is 0.611. The van der Waals surface area contributed by atoms with Gasteiger partial charge in [0.2, 0.25) is 5.91 Å². The lowest BCUT2D eigenvalue weighted by atomic mass is 10.0. The quantitative estimate of drug-likeness (QED) is 0.830. The zero-order valence-corrected chi connectivity index (χ0v) is 14.0. The van der Waals surface area contributed by atoms with E-state index in [9.17, 15) is 4.79 Å². The maximum Gasteiger partial charge on any atom is 0.226 e. The predicted octanol–water partition coefficient (Wildman–Crippen LogP) is 1.81. The number of carbonyl (C=O) groups excluding carboxylic acids is 1. The van der Waals surface area contributed by atoms with E-state index in [1.165, 1.54) is 0 Å². The summed E-state index contributed by atoms with van der Waals surface area (Å²) in [6, 6.07) is 7.65. The Bertz CT molecular complexity index is 508. The fourth-order valence-corrected chi connectivity index (χ4v) is 2.95. The molecule has 1 atom stereocenters. The molecule has 3 rings (SSSR count). The Balaban J connectivity index is 1.41. The minimum Gasteiger partial charge on any atom is -0.493 e. The summed E-state index contributed by atoms with van der Waals surface area (Å²) in [5, 5.41) is 6.19. The maximum atomic E-state index is 12.0. The molecule has 0 spiro atoms. The van der Waals surface area contributed by atoms with Crippen molar-refractivity contribution in [3.63, 3.8) is 0 Å². The summed E-state index contributed by atoms with van der Waals surface area (Å²) in [6.45, 7) is 4.50. The summed E-state index contributed by atoms with van der Waals surface area (Å²) in [7, 11) is 0. The monoisotopic (exact) mass is 334 g/mol. The second-order valence-electron chi connectivity index (χ2n) is 6.37. The number of carbonyl (C=O) groups is 1. The highest BCUT2D eigenvalue weighted by Gasteiger charge is 2.17. The molecule has 1 aromatic carbocycles. The third-order valence-corrected chi connectivity index (χ3v) is 4.39. The van der Waals surface area contributed by atoms with Crippen molar-refractivity contribution < 1.29 is 19.0 Å². The smallest absolute Gasteiger partial charge is 0.226 e. The molecule has 2 heterocycles. The van der Waals surface area contributed by atoms with E-state index < -0.39 is 0 Å². The average molecular weight is 334 g/mol. The van der Waals surface area contributed by atoms with Crippen molar-refractivity contribution in [3.05, 3.63) is 24.3 Å². The molecule has 0 aliphatic carbocycles. The molecule has 24 heavy (non-hydrogen) atoms. The molecular formula is C18H26N2O4. The van der Waals surface area contributed by atoms with E-state index in [1.807, 2.05) is 24.3 Å². The molecule has 0 aromatic heterocycles. The van der Waals surface area contributed by atoms with E-state index in [4.69, 9.17) is 14.2 Å². The largest absolute Gasteiger partial charge is 0.493 e. The molecule has 6 heteroatoms. The van der Waals surface area contributed by atoms with Crippen LogP contribution in [0.25, 0.3) is 0 Å². The van der Waals surface area contributed by atoms with Crippen LogP contribution in [0.5, 0.6) is 5.75 Å². The van der Waals surface area contributed by atoms with Gasteiger partial charge in [0, 0.05) is 37.9 Å². The third-order valence-electron chi connectivity index (χ3n) is 4.39. The molecule has 1 aromatic rings. The van der Waals surface area contributed by atoms with Crippen LogP contribution in [-0.2, 0) is 14.3 Å². The second-order valence-corrected chi connectivity index (χ2v) is 6.37. The van der Waals surface area contributed by atoms with Crippen LogP contribution in [0.1, 0.15) is 19.3 Å². The summed E-state index contributed by atoms with van der Waals surface area (Å²) >= 11 is 0. The lowest BCUT2D eigenvalue weighted by Crippen LogP contribution is -2.43. The minimum atomic E-state index is -0.00567. The molecule has 0 bridgehead atoms. The normalized spacial score (nSPS) is 22.1. The Kier molecular flexibility index (Phi) is 6.46. The lowest BCUT2D eigenvalue weighted by molar-refractivity contribution is -0.117. The number of nitrogens with one attached hydrogen (secondary N) is 2. The lowest BCUT2D eigenvalue weighted by Gasteiger charge is -2.23. The van der Waals surface area contributed by atoms with Crippen LogP contribution in [0.4, 0.5) is 5.69 Å². The van der Waals surface area contributed by atoms with Gasteiger partial charge in [-0.05, 0) is 43.0 Å². The van der Waals surface area contributed by atoms with Gasteiger partial charge >= 0.3 is 0 Å². The standard InChI is InChI=1S/C18H26N2O4/c21-18(11-16-13-23-10-7-19-16)20-15-1-3-17(4-2-15)24-12-14-5-8-22-9-6-14/h1-4,14,16,19H,5-13H2,(H,20,21). The van der Waals surface area contributed by atoms with Crippen LogP contribution in [0.15, 0.2) is 24.3 Å². The first kappa shape index (κ1) is 17.2. The first-order valence-corrected chi connectivity index (χ1v) is 8.71. The highest BCUT2D eigenvalue weighted by molar-refractivity contribution is 5.91. The molecule has 1 amide bonds. The fourth-order valence-electron chi connectivity index (χ4n) is 2.95. The van der Waals surface area contributed by atoms with Crippen molar-refractivity contribution in [3.8, 4) is 5.75 Å². The van der Waals surface area contributed by atoms with Crippen molar-refractivity contribution in [1.82, 2.24) is 5.32 Å². The zero-order valence-electron chi connectivity index (χ0n) is 14.0. The molecule has 6 nitrogen and oxygen atoms in total. The molecule has 132 valence electrons. The van der Waals surface area contributed by atoms with Gasteiger partial charge in [0.25, 0.3) is 0 Å². The number of hydrogen-bond donors (Lipinski definition) is 2. The number of anilines is 1. The average Bonchev–Trinajstić information content (AvgIpc) is 2.63. The third kappa shape index (κ3) is 5.47. The topological polar surface area (TPSA) is 68.8 Å². The van der Waals surface area contributed by atoms with E-state index in [-0.39, 0.29) is 11.9 Å². The van der Waals surface area contributed by atoms with E-state index in [1.54, 1.807) is 0 Å². The van der Waals surface area contributed by atoms with Crippen LogP contribution < -0.4 is 15.4 Å². The SMILES string of the molecule is O=C(CC1COCCN1)Nc1ccc(OCC2CCOCC2)cc1. The van der Waals surface area contributed by atoms with Gasteiger partial charge in [-0.2, -0.15) is 0 Å². The van der Waals surface area contributed by atoms with Gasteiger partial charge in [-0.1, -0.05) is 0 Å². The van der Waals surface area contributed by atoms with Crippen LogP contribution in [-0.4, -0.2) is 51.5 Å². The number of morpholine rings is 1. The zero-order chi connectivity index (χ0) is 16.6. The first-order valence-electron chi connectivity index (χ1n) is 8.71. The molecule has 1 unspecified atom stereocenters. The first-order chi connectivity index (χ1) is 11.8. The number of rotatable bonds is 6. The summed E-state index contributed by atoms with van der Waals surface area (Å²) < 4.78 is 16.5. The summed E-state index contributed by atoms with van der Waals surface area (Å²) in [5.74, 6) is 1.40. The van der Waals surface area contributed by atoms with Crippen LogP contribution in [0.2, 0.25) is 0 Å². The number of benzene rings is 1. The van der Waals surface area contributed by atoms with Crippen LogP contribution in [0.3, 0.4) is 0 Å². The minimum absolute atomic E-state index is 0.00567. The molecule has 2 N–H and O–H groups in total. The summed E-state index contributed by atoms with van der Waals surface area (Å²) in [5.41, 5.74) is 0.787. The molecule has 2 fully saturated rings. The van der Waals surface area contributed by atoms with Gasteiger partial charge in [-0.3, -0.25) is 4.79 Å². The number of ether oxygens (including phenoxy) is 3. The van der Waals surface area contributed by atoms with E-state index >= 15 is 0 Å². The molecule has 0 saturated carbocycles. The van der Waals surface area contributed by atoms with Crippen LogP contribution in [0, 0.1) is 5.92 Å². The Morgan fingerprint density at radius 2 is 1.96 bits per heavy atom. The Labute approximate surface area is 142 Å². The van der Waals surface area contributed by atoms with Gasteiger partial charge in [-0.25, -0.2) is 0 Å². The molecule has 2 saturated heterocycles. The van der Waals surface area contributed by atoms with E-state index in [2.05, 4.69) is 10.6 Å². The van der Waals surface area contributed by atoms with Crippen LogP contribution >= 0.6 is 0 Å². The molecular weight excluding hydrogens is 308 g/mol. The highest BCUT2D eigenvalue weighted by atomic mass is 16.5. The van der Waals surface area contributed by atoms with Crippen molar-refractivity contribution in [2.45, 2.75) is 25.3 Å². The van der Waals surface area contributed by atoms with Gasteiger partial charge < -0.3 is 24.8 Å².